The van der Waals surface area contributed by atoms with Crippen LogP contribution in [0.1, 0.15) is 47.0 Å². The molecule has 1 aromatic carbocycles. The molecule has 0 spiro atoms. The molecule has 1 saturated carbocycles. The van der Waals surface area contributed by atoms with Gasteiger partial charge in [-0.15, -0.1) is 0 Å². The third-order valence-electron chi connectivity index (χ3n) is 5.60. The van der Waals surface area contributed by atoms with Gasteiger partial charge in [-0.3, -0.25) is 9.69 Å². The van der Waals surface area contributed by atoms with Crippen molar-refractivity contribution in [3.05, 3.63) is 18.2 Å². The molecule has 0 atom stereocenters. The molecular formula is C23H37N3O5S. The van der Waals surface area contributed by atoms with Crippen molar-refractivity contribution in [1.29, 1.82) is 0 Å². The summed E-state index contributed by atoms with van der Waals surface area (Å²) in [6.07, 6.45) is 3.18. The van der Waals surface area contributed by atoms with Gasteiger partial charge in [-0.2, -0.15) is 4.31 Å². The summed E-state index contributed by atoms with van der Waals surface area (Å²) in [6.45, 7) is 10.7. The lowest BCUT2D eigenvalue weighted by molar-refractivity contribution is -0.117. The number of carbonyl (C=O) groups is 1. The van der Waals surface area contributed by atoms with Crippen LogP contribution in [0.3, 0.4) is 0 Å². The lowest BCUT2D eigenvalue weighted by Gasteiger charge is -2.26. The number of nitrogens with zero attached hydrogens (tertiary/aromatic N) is 2. The van der Waals surface area contributed by atoms with Crippen LogP contribution >= 0.6 is 0 Å². The Kier molecular flexibility index (Phi) is 8.55. The maximum atomic E-state index is 13.1. The molecule has 8 nitrogen and oxygen atoms in total. The van der Waals surface area contributed by atoms with Crippen molar-refractivity contribution in [2.45, 2.75) is 64.0 Å². The molecule has 1 amide bonds. The highest BCUT2D eigenvalue weighted by Gasteiger charge is 2.31. The highest BCUT2D eigenvalue weighted by atomic mass is 32.2. The Balaban J connectivity index is 1.78. The Morgan fingerprint density at radius 2 is 1.91 bits per heavy atom. The number of carbonyl (C=O) groups excluding carboxylic acids is 1. The van der Waals surface area contributed by atoms with Crippen molar-refractivity contribution in [1.82, 2.24) is 9.21 Å². The van der Waals surface area contributed by atoms with Crippen molar-refractivity contribution < 1.29 is 22.7 Å². The van der Waals surface area contributed by atoms with Gasteiger partial charge in [0.05, 0.1) is 36.4 Å². The molecule has 1 saturated heterocycles. The van der Waals surface area contributed by atoms with Gasteiger partial charge in [-0.1, -0.05) is 13.8 Å². The first-order valence-electron chi connectivity index (χ1n) is 11.6. The van der Waals surface area contributed by atoms with Crippen LogP contribution in [0.2, 0.25) is 0 Å². The van der Waals surface area contributed by atoms with E-state index in [0.29, 0.717) is 56.2 Å². The molecule has 0 aromatic heterocycles. The fraction of sp³-hybridized carbons (Fsp3) is 0.696. The second-order valence-corrected chi connectivity index (χ2v) is 11.2. The molecule has 3 rings (SSSR count). The minimum absolute atomic E-state index is 0.110. The largest absolute Gasteiger partial charge is 0.489 e. The summed E-state index contributed by atoms with van der Waals surface area (Å²) in [7, 11) is -3.67. The average molecular weight is 468 g/mol. The van der Waals surface area contributed by atoms with Crippen LogP contribution in [0, 0.1) is 5.92 Å². The Hall–Kier alpha value is -1.68. The van der Waals surface area contributed by atoms with Crippen LogP contribution in [0.5, 0.6) is 5.75 Å². The molecule has 1 aliphatic heterocycles. The maximum Gasteiger partial charge on any atom is 0.243 e. The summed E-state index contributed by atoms with van der Waals surface area (Å²) < 4.78 is 38.7. The Bertz CT molecular complexity index is 878. The molecule has 0 unspecified atom stereocenters. The first-order valence-corrected chi connectivity index (χ1v) is 13.0. The zero-order chi connectivity index (χ0) is 23.3. The number of sulfonamides is 1. The van der Waals surface area contributed by atoms with Gasteiger partial charge >= 0.3 is 0 Å². The Morgan fingerprint density at radius 3 is 2.50 bits per heavy atom. The second kappa shape index (κ2) is 11.0. The van der Waals surface area contributed by atoms with Crippen molar-refractivity contribution in [2.24, 2.45) is 5.92 Å². The second-order valence-electron chi connectivity index (χ2n) is 9.27. The zero-order valence-corrected chi connectivity index (χ0v) is 20.5. The Morgan fingerprint density at radius 1 is 1.22 bits per heavy atom. The van der Waals surface area contributed by atoms with E-state index in [0.717, 1.165) is 25.8 Å². The molecule has 180 valence electrons. The van der Waals surface area contributed by atoms with Crippen molar-refractivity contribution in [2.75, 3.05) is 44.7 Å². The molecular weight excluding hydrogens is 430 g/mol. The number of nitrogens with one attached hydrogen (secondary N) is 1. The summed E-state index contributed by atoms with van der Waals surface area (Å²) in [5.74, 6) is 0.886. The smallest absolute Gasteiger partial charge is 0.243 e. The van der Waals surface area contributed by atoms with E-state index in [1.165, 1.54) is 16.4 Å². The highest BCUT2D eigenvalue weighted by molar-refractivity contribution is 7.89. The van der Waals surface area contributed by atoms with Gasteiger partial charge in [0.15, 0.2) is 0 Å². The number of anilines is 1. The number of ether oxygens (including phenoxy) is 2. The van der Waals surface area contributed by atoms with E-state index in [2.05, 4.69) is 24.1 Å². The van der Waals surface area contributed by atoms with Crippen LogP contribution < -0.4 is 10.1 Å². The number of rotatable bonds is 11. The van der Waals surface area contributed by atoms with E-state index in [4.69, 9.17) is 9.47 Å². The van der Waals surface area contributed by atoms with Crippen LogP contribution in [-0.4, -0.2) is 75.1 Å². The normalized spacial score (nSPS) is 17.8. The summed E-state index contributed by atoms with van der Waals surface area (Å²) in [6, 6.07) is 5.15. The summed E-state index contributed by atoms with van der Waals surface area (Å²) in [5.41, 5.74) is 0.387. The molecule has 2 aliphatic rings. The number of amides is 1. The molecule has 1 N–H and O–H groups in total. The molecule has 2 fully saturated rings. The van der Waals surface area contributed by atoms with Gasteiger partial charge in [0.25, 0.3) is 0 Å². The van der Waals surface area contributed by atoms with Gasteiger partial charge in [0, 0.05) is 19.1 Å². The lowest BCUT2D eigenvalue weighted by Crippen LogP contribution is -2.40. The molecule has 1 aliphatic carbocycles. The summed E-state index contributed by atoms with van der Waals surface area (Å²) >= 11 is 0. The van der Waals surface area contributed by atoms with Crippen molar-refractivity contribution in [3.63, 3.8) is 0 Å². The van der Waals surface area contributed by atoms with Gasteiger partial charge in [-0.25, -0.2) is 8.42 Å². The van der Waals surface area contributed by atoms with Crippen LogP contribution in [0.4, 0.5) is 5.69 Å². The minimum Gasteiger partial charge on any atom is -0.489 e. The summed E-state index contributed by atoms with van der Waals surface area (Å²) in [5, 5.41) is 2.92. The number of hydrogen-bond donors (Lipinski definition) is 1. The Labute approximate surface area is 192 Å². The van der Waals surface area contributed by atoms with E-state index in [9.17, 15) is 13.2 Å². The highest BCUT2D eigenvalue weighted by Crippen LogP contribution is 2.31. The molecule has 32 heavy (non-hydrogen) atoms. The van der Waals surface area contributed by atoms with Gasteiger partial charge in [-0.05, 0) is 63.8 Å². The lowest BCUT2D eigenvalue weighted by atomic mass is 10.1. The number of hydrogen-bond acceptors (Lipinski definition) is 6. The van der Waals surface area contributed by atoms with E-state index in [-0.39, 0.29) is 16.9 Å². The van der Waals surface area contributed by atoms with Crippen molar-refractivity contribution in [3.8, 4) is 5.75 Å². The monoisotopic (exact) mass is 467 g/mol. The van der Waals surface area contributed by atoms with E-state index >= 15 is 0 Å². The molecule has 0 radical (unpaired) electrons. The van der Waals surface area contributed by atoms with Crippen LogP contribution in [0.25, 0.3) is 0 Å². The fourth-order valence-corrected chi connectivity index (χ4v) is 5.12. The van der Waals surface area contributed by atoms with Crippen LogP contribution in [-0.2, 0) is 19.6 Å². The minimum atomic E-state index is -3.67. The molecule has 0 bridgehead atoms. The average Bonchev–Trinajstić information content (AvgIpc) is 3.57. The number of benzene rings is 1. The van der Waals surface area contributed by atoms with Gasteiger partial charge in [0.2, 0.25) is 15.9 Å². The van der Waals surface area contributed by atoms with Gasteiger partial charge < -0.3 is 14.8 Å². The topological polar surface area (TPSA) is 88.2 Å². The third kappa shape index (κ3) is 6.91. The first-order chi connectivity index (χ1) is 15.2. The predicted molar refractivity (Wildman–Crippen MR) is 124 cm³/mol. The summed E-state index contributed by atoms with van der Waals surface area (Å²) in [4.78, 5) is 15.3. The van der Waals surface area contributed by atoms with Gasteiger partial charge in [0.1, 0.15) is 5.75 Å². The van der Waals surface area contributed by atoms with Crippen LogP contribution in [0.15, 0.2) is 23.1 Å². The predicted octanol–water partition coefficient (Wildman–Crippen LogP) is 2.94. The van der Waals surface area contributed by atoms with E-state index in [1.54, 1.807) is 6.07 Å². The third-order valence-corrected chi connectivity index (χ3v) is 7.49. The van der Waals surface area contributed by atoms with E-state index < -0.39 is 10.0 Å². The number of morpholine rings is 1. The molecule has 1 heterocycles. The quantitative estimate of drug-likeness (QED) is 0.538. The zero-order valence-electron chi connectivity index (χ0n) is 19.7. The standard InChI is InChI=1S/C23H37N3O5S/c1-17(2)9-10-25(19-5-6-19)16-23(27)24-21-15-20(7-8-22(21)31-18(3)4)32(28,29)26-11-13-30-14-12-26/h7-8,15,17-19H,5-6,9-14,16H2,1-4H3,(H,24,27). The molecule has 9 heteroatoms. The maximum absolute atomic E-state index is 13.1. The fourth-order valence-electron chi connectivity index (χ4n) is 3.69. The first kappa shape index (κ1) is 25.0. The van der Waals surface area contributed by atoms with Crippen molar-refractivity contribution >= 4 is 21.6 Å². The van der Waals surface area contributed by atoms with E-state index in [1.807, 2.05) is 13.8 Å². The molecule has 1 aromatic rings. The SMILES string of the molecule is CC(C)CCN(CC(=O)Nc1cc(S(=O)(=O)N2CCOCC2)ccc1OC(C)C)C1CC1.